The van der Waals surface area contributed by atoms with Gasteiger partial charge < -0.3 is 4.98 Å². The van der Waals surface area contributed by atoms with Crippen molar-refractivity contribution < 1.29 is 0 Å². The van der Waals surface area contributed by atoms with Crippen LogP contribution in [0.1, 0.15) is 26.5 Å². The van der Waals surface area contributed by atoms with Crippen molar-refractivity contribution in [3.63, 3.8) is 0 Å². The number of H-pyrrole nitrogens is 1. The molecule has 0 saturated carbocycles. The molecule has 1 rings (SSSR count). The zero-order valence-corrected chi connectivity index (χ0v) is 8.96. The van der Waals surface area contributed by atoms with Crippen molar-refractivity contribution >= 4 is 5.71 Å². The summed E-state index contributed by atoms with van der Waals surface area (Å²) in [5.74, 6) is 0. The van der Waals surface area contributed by atoms with Crippen molar-refractivity contribution in [3.05, 3.63) is 47.9 Å². The van der Waals surface area contributed by atoms with Crippen LogP contribution in [0, 0.1) is 0 Å². The maximum absolute atomic E-state index is 4.48. The van der Waals surface area contributed by atoms with Gasteiger partial charge in [-0.3, -0.25) is 4.99 Å². The summed E-state index contributed by atoms with van der Waals surface area (Å²) in [6.45, 7) is 9.79. The first-order valence-corrected chi connectivity index (χ1v) is 4.66. The molecule has 1 aromatic heterocycles. The van der Waals surface area contributed by atoms with Gasteiger partial charge in [0.2, 0.25) is 0 Å². The highest BCUT2D eigenvalue weighted by Crippen LogP contribution is 2.10. The Morgan fingerprint density at radius 2 is 2.21 bits per heavy atom. The minimum atomic E-state index is 0.942. The predicted molar refractivity (Wildman–Crippen MR) is 61.6 cm³/mol. The summed E-state index contributed by atoms with van der Waals surface area (Å²) in [5.41, 5.74) is 3.95. The fourth-order valence-corrected chi connectivity index (χ4v) is 1.20. The van der Waals surface area contributed by atoms with Crippen LogP contribution in [0.5, 0.6) is 0 Å². The van der Waals surface area contributed by atoms with Crippen LogP contribution in [0.3, 0.4) is 0 Å². The standard InChI is InChI=1S/C12H16N2/c1-5-11(9(2)3)14-10(4)12-7-6-8-13-12/h5-8,13H,2H2,1,3-4H3/b11-5-,14-10+. The van der Waals surface area contributed by atoms with Gasteiger partial charge in [-0.25, -0.2) is 0 Å². The Hall–Kier alpha value is -1.57. The van der Waals surface area contributed by atoms with Gasteiger partial charge in [0.25, 0.3) is 0 Å². The first-order chi connectivity index (χ1) is 6.65. The smallest absolute Gasteiger partial charge is 0.0614 e. The molecule has 2 heteroatoms. The molecular formula is C12H16N2. The molecule has 0 amide bonds. The van der Waals surface area contributed by atoms with Gasteiger partial charge in [0.05, 0.1) is 17.1 Å². The second-order valence-corrected chi connectivity index (χ2v) is 3.24. The van der Waals surface area contributed by atoms with E-state index in [1.807, 2.05) is 45.2 Å². The van der Waals surface area contributed by atoms with E-state index in [-0.39, 0.29) is 0 Å². The second-order valence-electron chi connectivity index (χ2n) is 3.24. The molecule has 1 heterocycles. The molecule has 14 heavy (non-hydrogen) atoms. The molecule has 0 aliphatic rings. The van der Waals surface area contributed by atoms with Gasteiger partial charge in [0, 0.05) is 6.20 Å². The normalized spacial score (nSPS) is 13.1. The number of rotatable bonds is 3. The maximum Gasteiger partial charge on any atom is 0.0614 e. The molecule has 0 aliphatic carbocycles. The first-order valence-electron chi connectivity index (χ1n) is 4.66. The number of hydrogen-bond acceptors (Lipinski definition) is 1. The van der Waals surface area contributed by atoms with Gasteiger partial charge in [-0.15, -0.1) is 0 Å². The Labute approximate surface area is 85.1 Å². The molecule has 1 aromatic rings. The van der Waals surface area contributed by atoms with Gasteiger partial charge >= 0.3 is 0 Å². The molecule has 0 atom stereocenters. The molecule has 0 radical (unpaired) electrons. The number of nitrogens with one attached hydrogen (secondary N) is 1. The summed E-state index contributed by atoms with van der Waals surface area (Å²) in [6, 6.07) is 3.97. The molecule has 0 unspecified atom stereocenters. The van der Waals surface area contributed by atoms with Gasteiger partial charge in [0.1, 0.15) is 0 Å². The van der Waals surface area contributed by atoms with E-state index >= 15 is 0 Å². The molecule has 0 bridgehead atoms. The van der Waals surface area contributed by atoms with E-state index in [1.165, 1.54) is 0 Å². The summed E-state index contributed by atoms with van der Waals surface area (Å²) in [4.78, 5) is 7.60. The lowest BCUT2D eigenvalue weighted by atomic mass is 10.2. The molecule has 0 saturated heterocycles. The lowest BCUT2D eigenvalue weighted by Crippen LogP contribution is -1.96. The lowest BCUT2D eigenvalue weighted by molar-refractivity contribution is 1.25. The van der Waals surface area contributed by atoms with Crippen LogP contribution in [0.4, 0.5) is 0 Å². The zero-order valence-electron chi connectivity index (χ0n) is 8.96. The van der Waals surface area contributed by atoms with Crippen LogP contribution in [0.2, 0.25) is 0 Å². The quantitative estimate of drug-likeness (QED) is 0.557. The van der Waals surface area contributed by atoms with Crippen LogP contribution in [-0.4, -0.2) is 10.7 Å². The number of allylic oxidation sites excluding steroid dienone is 2. The Morgan fingerprint density at radius 3 is 2.64 bits per heavy atom. The Bertz CT molecular complexity index is 367. The van der Waals surface area contributed by atoms with E-state index in [0.717, 1.165) is 22.7 Å². The predicted octanol–water partition coefficient (Wildman–Crippen LogP) is 3.30. The third-order valence-electron chi connectivity index (χ3n) is 1.99. The summed E-state index contributed by atoms with van der Waals surface area (Å²) < 4.78 is 0. The Balaban J connectivity index is 2.94. The molecule has 0 fully saturated rings. The summed E-state index contributed by atoms with van der Waals surface area (Å²) in [6.07, 6.45) is 3.86. The number of aromatic nitrogens is 1. The lowest BCUT2D eigenvalue weighted by Gasteiger charge is -2.01. The zero-order chi connectivity index (χ0) is 10.6. The maximum atomic E-state index is 4.48. The molecule has 0 aromatic carbocycles. The average molecular weight is 188 g/mol. The van der Waals surface area contributed by atoms with Crippen molar-refractivity contribution in [2.75, 3.05) is 0 Å². The molecule has 74 valence electrons. The van der Waals surface area contributed by atoms with Crippen LogP contribution < -0.4 is 0 Å². The molecule has 0 spiro atoms. The number of nitrogens with zero attached hydrogens (tertiary/aromatic N) is 1. The number of aromatic amines is 1. The van der Waals surface area contributed by atoms with Crippen molar-refractivity contribution in [2.24, 2.45) is 4.99 Å². The molecular weight excluding hydrogens is 172 g/mol. The van der Waals surface area contributed by atoms with E-state index in [4.69, 9.17) is 0 Å². The van der Waals surface area contributed by atoms with Crippen LogP contribution in [-0.2, 0) is 0 Å². The molecule has 2 nitrogen and oxygen atoms in total. The van der Waals surface area contributed by atoms with Crippen LogP contribution in [0.25, 0.3) is 0 Å². The summed E-state index contributed by atoms with van der Waals surface area (Å²) in [7, 11) is 0. The van der Waals surface area contributed by atoms with Crippen LogP contribution >= 0.6 is 0 Å². The molecule has 0 aliphatic heterocycles. The topological polar surface area (TPSA) is 28.1 Å². The van der Waals surface area contributed by atoms with Gasteiger partial charge in [0.15, 0.2) is 0 Å². The minimum Gasteiger partial charge on any atom is -0.360 e. The van der Waals surface area contributed by atoms with Crippen molar-refractivity contribution in [1.29, 1.82) is 0 Å². The van der Waals surface area contributed by atoms with Crippen molar-refractivity contribution in [3.8, 4) is 0 Å². The Kier molecular flexibility index (Phi) is 3.46. The highest BCUT2D eigenvalue weighted by atomic mass is 14.8. The molecule has 1 N–H and O–H groups in total. The fourth-order valence-electron chi connectivity index (χ4n) is 1.20. The highest BCUT2D eigenvalue weighted by Gasteiger charge is 1.99. The summed E-state index contributed by atoms with van der Waals surface area (Å²) >= 11 is 0. The van der Waals surface area contributed by atoms with E-state index in [9.17, 15) is 0 Å². The largest absolute Gasteiger partial charge is 0.360 e. The average Bonchev–Trinajstić information content (AvgIpc) is 2.65. The van der Waals surface area contributed by atoms with E-state index < -0.39 is 0 Å². The van der Waals surface area contributed by atoms with Crippen LogP contribution in [0.15, 0.2) is 47.2 Å². The van der Waals surface area contributed by atoms with Crippen molar-refractivity contribution in [1.82, 2.24) is 4.98 Å². The van der Waals surface area contributed by atoms with E-state index in [1.54, 1.807) is 0 Å². The highest BCUT2D eigenvalue weighted by molar-refractivity contribution is 5.97. The van der Waals surface area contributed by atoms with Gasteiger partial charge in [-0.2, -0.15) is 0 Å². The third kappa shape index (κ3) is 2.46. The third-order valence-corrected chi connectivity index (χ3v) is 1.99. The Morgan fingerprint density at radius 1 is 1.50 bits per heavy atom. The summed E-state index contributed by atoms with van der Waals surface area (Å²) in [5, 5.41) is 0. The minimum absolute atomic E-state index is 0.942. The SMILES string of the molecule is C=C(C)C(=C/C)/N=C(\C)c1ccc[nH]1. The number of aliphatic imine (C=N–C) groups is 1. The van der Waals surface area contributed by atoms with Gasteiger partial charge in [-0.1, -0.05) is 12.7 Å². The monoisotopic (exact) mass is 188 g/mol. The van der Waals surface area contributed by atoms with E-state index in [2.05, 4.69) is 16.6 Å². The van der Waals surface area contributed by atoms with Gasteiger partial charge in [-0.05, 0) is 38.5 Å². The van der Waals surface area contributed by atoms with E-state index in [0.29, 0.717) is 0 Å². The second kappa shape index (κ2) is 4.61. The number of hydrogen-bond donors (Lipinski definition) is 1. The first kappa shape index (κ1) is 10.5. The van der Waals surface area contributed by atoms with Crippen molar-refractivity contribution in [2.45, 2.75) is 20.8 Å². The fraction of sp³-hybridized carbons (Fsp3) is 0.250.